The molecule has 10 heavy (non-hydrogen) atoms. The third-order valence-corrected chi connectivity index (χ3v) is 2.10. The summed E-state index contributed by atoms with van der Waals surface area (Å²) in [5, 5.41) is 3.56. The van der Waals surface area contributed by atoms with Gasteiger partial charge in [-0.2, -0.15) is 25.3 Å². The molecule has 1 saturated heterocycles. The number of nitrogens with one attached hydrogen (secondary N) is 1. The Morgan fingerprint density at radius 2 is 1.60 bits per heavy atom. The summed E-state index contributed by atoms with van der Waals surface area (Å²) < 4.78 is 1.91. The van der Waals surface area contributed by atoms with Crippen molar-refractivity contribution in [1.82, 2.24) is 9.62 Å². The molecule has 2 atom stereocenters. The van der Waals surface area contributed by atoms with Gasteiger partial charge in [-0.15, -0.1) is 0 Å². The molecular weight excluding hydrogens is 195 g/mol. The predicted octanol–water partition coefficient (Wildman–Crippen LogP) is -0.400. The third kappa shape index (κ3) is 4.11. The van der Waals surface area contributed by atoms with Gasteiger partial charge in [-0.25, -0.2) is 4.31 Å². The van der Waals surface area contributed by atoms with Crippen molar-refractivity contribution in [2.45, 2.75) is 10.7 Å². The average molecular weight is 206 g/mol. The summed E-state index contributed by atoms with van der Waals surface area (Å²) in [6, 6.07) is 0. The molecule has 1 heterocycles. The van der Waals surface area contributed by atoms with Gasteiger partial charge in [0, 0.05) is 13.1 Å². The number of hydrogen-bond acceptors (Lipinski definition) is 5. The van der Waals surface area contributed by atoms with E-state index in [2.05, 4.69) is 43.4 Å². The third-order valence-electron chi connectivity index (χ3n) is 1.15. The zero-order valence-electron chi connectivity index (χ0n) is 4.86. The van der Waals surface area contributed by atoms with E-state index in [0.29, 0.717) is 0 Å². The fourth-order valence-corrected chi connectivity index (χ4v) is 2.26. The van der Waals surface area contributed by atoms with Crippen molar-refractivity contribution in [1.29, 1.82) is 0 Å². The molecule has 0 amide bonds. The van der Waals surface area contributed by atoms with Gasteiger partial charge in [0.15, 0.2) is 0 Å². The first kappa shape index (κ1) is 12.0. The molecule has 2 nitrogen and oxygen atoms in total. The number of nitrogens with zero attached hydrogens (tertiary/aromatic N) is 1. The molecule has 0 bridgehead atoms. The second-order valence-electron chi connectivity index (χ2n) is 2.07. The van der Waals surface area contributed by atoms with E-state index < -0.39 is 0 Å². The molecule has 0 aliphatic carbocycles. The van der Waals surface area contributed by atoms with E-state index in [1.54, 1.807) is 0 Å². The van der Waals surface area contributed by atoms with E-state index in [0.717, 1.165) is 13.1 Å². The second-order valence-corrected chi connectivity index (χ2v) is 3.88. The number of piperazine rings is 1. The van der Waals surface area contributed by atoms with E-state index in [4.69, 9.17) is 0 Å². The van der Waals surface area contributed by atoms with Crippen LogP contribution < -0.4 is 5.32 Å². The molecule has 1 rings (SSSR count). The van der Waals surface area contributed by atoms with Crippen molar-refractivity contribution in [3.63, 3.8) is 0 Å². The molecule has 1 N–H and O–H groups in total. The number of hydrogen-bond donors (Lipinski definition) is 4. The van der Waals surface area contributed by atoms with Crippen molar-refractivity contribution in [2.24, 2.45) is 0 Å². The summed E-state index contributed by atoms with van der Waals surface area (Å²) in [7, 11) is 0. The molecule has 56 valence electrons. The van der Waals surface area contributed by atoms with Crippen molar-refractivity contribution in [3.8, 4) is 0 Å². The van der Waals surface area contributed by atoms with Crippen LogP contribution in [0.5, 0.6) is 0 Å². The first-order valence-electron chi connectivity index (χ1n) is 2.74. The molecule has 1 aliphatic rings. The maximum absolute atomic E-state index is 4.23. The minimum atomic E-state index is 0. The van der Waals surface area contributed by atoms with E-state index in [9.17, 15) is 0 Å². The Morgan fingerprint density at radius 1 is 1.20 bits per heavy atom. The molecule has 0 saturated carbocycles. The van der Waals surface area contributed by atoms with E-state index >= 15 is 0 Å². The van der Waals surface area contributed by atoms with Gasteiger partial charge in [0.05, 0.1) is 10.7 Å². The second kappa shape index (κ2) is 5.59. The summed E-state index contributed by atoms with van der Waals surface area (Å²) in [6.07, 6.45) is 0. The first-order valence-corrected chi connectivity index (χ1v) is 4.18. The topological polar surface area (TPSA) is 15.3 Å². The van der Waals surface area contributed by atoms with Crippen LogP contribution in [0.2, 0.25) is 0 Å². The van der Waals surface area contributed by atoms with E-state index in [-0.39, 0.29) is 40.3 Å². The molecule has 0 aromatic rings. The van der Waals surface area contributed by atoms with Crippen LogP contribution in [0.4, 0.5) is 0 Å². The Kier molecular flexibility index (Phi) is 6.69. The van der Waals surface area contributed by atoms with Gasteiger partial charge in [-0.05, 0) is 0 Å². The van der Waals surface area contributed by atoms with Gasteiger partial charge in [0.25, 0.3) is 0 Å². The molecule has 0 spiro atoms. The molecule has 0 aromatic carbocycles. The fraction of sp³-hybridized carbons (Fsp3) is 1.00. The average Bonchev–Trinajstić information content (AvgIpc) is 1.59. The van der Waals surface area contributed by atoms with Gasteiger partial charge in [-0.1, -0.05) is 12.8 Å². The molecular formula is C4H11N2NaS3. The minimum absolute atomic E-state index is 0. The van der Waals surface area contributed by atoms with Crippen molar-refractivity contribution in [3.05, 3.63) is 0 Å². The summed E-state index contributed by atoms with van der Waals surface area (Å²) >= 11 is 12.6. The summed E-state index contributed by atoms with van der Waals surface area (Å²) in [5.41, 5.74) is 0. The Morgan fingerprint density at radius 3 is 1.90 bits per heavy atom. The normalized spacial score (nSPS) is 35.1. The van der Waals surface area contributed by atoms with Gasteiger partial charge >= 0.3 is 29.6 Å². The molecule has 6 heteroatoms. The standard InChI is InChI=1S/C4H10N2S3.Na.H/c7-3-1-6(9)2-4(8)5-3;;/h3-5,7-9H,1-2H2;;. The first-order chi connectivity index (χ1) is 4.18. The Hall–Kier alpha value is 1.97. The Balaban J connectivity index is 0.000000810. The number of rotatable bonds is 0. The van der Waals surface area contributed by atoms with E-state index in [1.807, 2.05) is 4.31 Å². The molecule has 0 aromatic heterocycles. The Bertz CT molecular complexity index is 79.5. The van der Waals surface area contributed by atoms with Crippen LogP contribution in [0.1, 0.15) is 0 Å². The van der Waals surface area contributed by atoms with Gasteiger partial charge in [0.2, 0.25) is 0 Å². The predicted molar refractivity (Wildman–Crippen MR) is 56.4 cm³/mol. The van der Waals surface area contributed by atoms with Crippen LogP contribution in [0.3, 0.4) is 0 Å². The molecule has 2 unspecified atom stereocenters. The Labute approximate surface area is 100 Å². The van der Waals surface area contributed by atoms with Gasteiger partial charge in [0.1, 0.15) is 0 Å². The zero-order chi connectivity index (χ0) is 6.85. The van der Waals surface area contributed by atoms with Crippen molar-refractivity contribution >= 4 is 67.6 Å². The van der Waals surface area contributed by atoms with Crippen LogP contribution in [0.25, 0.3) is 0 Å². The van der Waals surface area contributed by atoms with Crippen molar-refractivity contribution < 1.29 is 0 Å². The van der Waals surface area contributed by atoms with Crippen molar-refractivity contribution in [2.75, 3.05) is 13.1 Å². The van der Waals surface area contributed by atoms with Crippen LogP contribution in [-0.2, 0) is 0 Å². The molecule has 1 aliphatic heterocycles. The van der Waals surface area contributed by atoms with Crippen LogP contribution >= 0.6 is 38.1 Å². The zero-order valence-corrected chi connectivity index (χ0v) is 7.54. The van der Waals surface area contributed by atoms with Crippen LogP contribution in [0, 0.1) is 0 Å². The van der Waals surface area contributed by atoms with Crippen LogP contribution in [-0.4, -0.2) is 57.7 Å². The monoisotopic (exact) mass is 206 g/mol. The molecule has 0 radical (unpaired) electrons. The van der Waals surface area contributed by atoms with Gasteiger partial charge < -0.3 is 0 Å². The van der Waals surface area contributed by atoms with Crippen LogP contribution in [0.15, 0.2) is 0 Å². The fourth-order valence-electron chi connectivity index (χ4n) is 0.801. The SMILES string of the molecule is SC1CN(S)CC(S)N1.[NaH]. The van der Waals surface area contributed by atoms with E-state index in [1.165, 1.54) is 0 Å². The number of thiol groups is 3. The summed E-state index contributed by atoms with van der Waals surface area (Å²) in [5.74, 6) is 0. The maximum atomic E-state index is 4.23. The molecule has 1 fully saturated rings. The quantitative estimate of drug-likeness (QED) is 0.319. The summed E-state index contributed by atoms with van der Waals surface area (Å²) in [6.45, 7) is 1.73. The van der Waals surface area contributed by atoms with Gasteiger partial charge in [-0.3, -0.25) is 5.32 Å². The summed E-state index contributed by atoms with van der Waals surface area (Å²) in [4.78, 5) is 0.